The number of piperidine rings is 1. The number of nitrogens with zero attached hydrogens (tertiary/aromatic N) is 5. The van der Waals surface area contributed by atoms with E-state index in [4.69, 9.17) is 9.47 Å². The third-order valence-corrected chi connectivity index (χ3v) is 11.2. The fourth-order valence-electron chi connectivity index (χ4n) is 8.33. The number of carbonyl (C=O) groups is 2. The average molecular weight is 683 g/mol. The summed E-state index contributed by atoms with van der Waals surface area (Å²) in [4.78, 5) is 48.4. The summed E-state index contributed by atoms with van der Waals surface area (Å²) in [5, 5.41) is 4.06. The minimum absolute atomic E-state index is 0.0216. The first kappa shape index (κ1) is 34.1. The molecule has 3 amide bonds. The minimum Gasteiger partial charge on any atom is -0.466 e. The zero-order valence-corrected chi connectivity index (χ0v) is 29.4. The van der Waals surface area contributed by atoms with E-state index in [-0.39, 0.29) is 23.5 Å². The normalized spacial score (nSPS) is 20.3. The van der Waals surface area contributed by atoms with Crippen molar-refractivity contribution in [3.05, 3.63) is 88.0 Å². The highest BCUT2D eigenvalue weighted by Crippen LogP contribution is 2.27. The molecule has 266 valence electrons. The molecule has 0 spiro atoms. The number of amides is 3. The van der Waals surface area contributed by atoms with Crippen LogP contribution in [0.3, 0.4) is 0 Å². The summed E-state index contributed by atoms with van der Waals surface area (Å²) in [5.41, 5.74) is 4.86. The van der Waals surface area contributed by atoms with Crippen molar-refractivity contribution in [2.45, 2.75) is 63.6 Å². The van der Waals surface area contributed by atoms with Gasteiger partial charge in [0.1, 0.15) is 0 Å². The second-order valence-electron chi connectivity index (χ2n) is 14.2. The van der Waals surface area contributed by atoms with Gasteiger partial charge in [0.05, 0.1) is 5.52 Å². The lowest BCUT2D eigenvalue weighted by Gasteiger charge is -2.42. The van der Waals surface area contributed by atoms with E-state index < -0.39 is 6.10 Å². The highest BCUT2D eigenvalue weighted by molar-refractivity contribution is 5.91. The summed E-state index contributed by atoms with van der Waals surface area (Å²) in [6, 6.07) is 16.2. The Morgan fingerprint density at radius 1 is 0.920 bits per heavy atom. The van der Waals surface area contributed by atoms with Crippen molar-refractivity contribution >= 4 is 28.5 Å². The molecule has 2 aromatic carbocycles. The molecule has 4 aliphatic heterocycles. The molecule has 3 aromatic rings. The first-order valence-corrected chi connectivity index (χ1v) is 18.2. The number of fused-ring (bicyclic) bond motifs is 2. The summed E-state index contributed by atoms with van der Waals surface area (Å²) < 4.78 is 13.8. The molecule has 7 rings (SSSR count). The lowest BCUT2D eigenvalue weighted by molar-refractivity contribution is -0.145. The maximum Gasteiger partial charge on any atom is 0.322 e. The van der Waals surface area contributed by atoms with Crippen LogP contribution in [0.15, 0.2) is 65.8 Å². The Morgan fingerprint density at radius 3 is 2.42 bits per heavy atom. The molecule has 0 saturated carbocycles. The summed E-state index contributed by atoms with van der Waals surface area (Å²) in [7, 11) is 1.79. The van der Waals surface area contributed by atoms with Gasteiger partial charge in [-0.2, -0.15) is 0 Å². The molecule has 0 aliphatic carbocycles. The van der Waals surface area contributed by atoms with E-state index in [9.17, 15) is 14.4 Å². The predicted octanol–water partition coefficient (Wildman–Crippen LogP) is 4.12. The first-order valence-electron chi connectivity index (χ1n) is 18.2. The topological polar surface area (TPSA) is 99.6 Å². The number of para-hydroxylation sites is 1. The van der Waals surface area contributed by atoms with E-state index in [1.807, 2.05) is 41.0 Å². The zero-order chi connectivity index (χ0) is 34.8. The Hall–Kier alpha value is -4.35. The summed E-state index contributed by atoms with van der Waals surface area (Å²) >= 11 is 0. The number of anilines is 1. The molecule has 0 radical (unpaired) electrons. The molecule has 3 fully saturated rings. The number of hydrogen-bond acceptors (Lipinski definition) is 7. The van der Waals surface area contributed by atoms with Gasteiger partial charge in [-0.05, 0) is 85.9 Å². The van der Waals surface area contributed by atoms with Gasteiger partial charge in [0.15, 0.2) is 12.0 Å². The van der Waals surface area contributed by atoms with Crippen molar-refractivity contribution in [1.29, 1.82) is 0 Å². The zero-order valence-electron chi connectivity index (χ0n) is 29.4. The average Bonchev–Trinajstić information content (AvgIpc) is 3.31. The van der Waals surface area contributed by atoms with Crippen LogP contribution in [-0.2, 0) is 34.2 Å². The highest BCUT2D eigenvalue weighted by Gasteiger charge is 2.35. The molecule has 0 unspecified atom stereocenters. The highest BCUT2D eigenvalue weighted by atomic mass is 16.5. The van der Waals surface area contributed by atoms with Crippen LogP contribution in [0.2, 0.25) is 0 Å². The second kappa shape index (κ2) is 14.9. The number of benzene rings is 2. The SMILES string of the molecule is C=C(O[C@H](Cc1cc(C)c2c(ccc(=O)n2C)c1)C(=O)N1CCN(C2CCOCC2)CC1)N1CCC(N2CCc3ccccc3NC2=O)CC1. The van der Waals surface area contributed by atoms with Crippen molar-refractivity contribution in [2.75, 3.05) is 64.3 Å². The molecule has 11 heteroatoms. The number of pyridine rings is 1. The molecule has 3 saturated heterocycles. The van der Waals surface area contributed by atoms with Crippen molar-refractivity contribution < 1.29 is 19.1 Å². The van der Waals surface area contributed by atoms with E-state index in [1.54, 1.807) is 17.7 Å². The Morgan fingerprint density at radius 2 is 1.66 bits per heavy atom. The maximum atomic E-state index is 14.3. The van der Waals surface area contributed by atoms with E-state index >= 15 is 0 Å². The van der Waals surface area contributed by atoms with Crippen LogP contribution in [0.5, 0.6) is 0 Å². The van der Waals surface area contributed by atoms with E-state index in [0.717, 1.165) is 91.7 Å². The van der Waals surface area contributed by atoms with E-state index in [0.29, 0.717) is 51.1 Å². The number of ether oxygens (including phenoxy) is 2. The summed E-state index contributed by atoms with van der Waals surface area (Å²) in [6.07, 6.45) is 4.14. The predicted molar refractivity (Wildman–Crippen MR) is 194 cm³/mol. The van der Waals surface area contributed by atoms with Gasteiger partial charge < -0.3 is 34.1 Å². The van der Waals surface area contributed by atoms with Crippen LogP contribution < -0.4 is 10.9 Å². The maximum absolute atomic E-state index is 14.3. The van der Waals surface area contributed by atoms with Crippen LogP contribution in [-0.4, -0.2) is 113 Å². The smallest absolute Gasteiger partial charge is 0.322 e. The summed E-state index contributed by atoms with van der Waals surface area (Å²) in [6.45, 7) is 13.0. The molecule has 5 heterocycles. The largest absolute Gasteiger partial charge is 0.466 e. The monoisotopic (exact) mass is 682 g/mol. The molecular formula is C39H50N6O5. The van der Waals surface area contributed by atoms with Gasteiger partial charge in [0.2, 0.25) is 0 Å². The van der Waals surface area contributed by atoms with Crippen molar-refractivity contribution in [1.82, 2.24) is 24.2 Å². The van der Waals surface area contributed by atoms with Gasteiger partial charge in [0.25, 0.3) is 11.5 Å². The van der Waals surface area contributed by atoms with Crippen molar-refractivity contribution in [3.8, 4) is 0 Å². The number of nitrogens with one attached hydrogen (secondary N) is 1. The second-order valence-corrected chi connectivity index (χ2v) is 14.2. The van der Waals surface area contributed by atoms with Gasteiger partial charge in [-0.15, -0.1) is 0 Å². The fraction of sp³-hybridized carbons (Fsp3) is 0.513. The Bertz CT molecular complexity index is 1790. The molecule has 0 bridgehead atoms. The van der Waals surface area contributed by atoms with Crippen molar-refractivity contribution in [2.24, 2.45) is 7.05 Å². The molecule has 1 atom stereocenters. The van der Waals surface area contributed by atoms with Gasteiger partial charge in [0, 0.05) is 96.3 Å². The quantitative estimate of drug-likeness (QED) is 0.357. The van der Waals surface area contributed by atoms with Crippen LogP contribution in [0.1, 0.15) is 42.4 Å². The molecule has 4 aliphatic rings. The number of carbonyl (C=O) groups excluding carboxylic acids is 2. The minimum atomic E-state index is -0.742. The Balaban J connectivity index is 1.03. The molecule has 1 aromatic heterocycles. The van der Waals surface area contributed by atoms with E-state index in [1.165, 1.54) is 0 Å². The number of piperazine rings is 1. The Kier molecular flexibility index (Phi) is 10.1. The summed E-state index contributed by atoms with van der Waals surface area (Å²) in [5.74, 6) is 0.474. The molecule has 11 nitrogen and oxygen atoms in total. The lowest BCUT2D eigenvalue weighted by atomic mass is 10.00. The molecular weight excluding hydrogens is 632 g/mol. The standard InChI is InChI=1S/C39H50N6O5/c1-27-24-29(25-31-8-9-36(46)41(3)37(27)31)26-35(38(47)44-20-18-43(19-21-44)32-13-22-49-23-14-32)50-28(2)42-15-11-33(12-16-42)45-17-10-30-6-4-5-7-34(30)40-39(45)48/h4-9,24-25,32-33,35H,2,10-23,26H2,1,3H3,(H,40,48)/t35-/m1/s1. The Labute approximate surface area is 294 Å². The van der Waals surface area contributed by atoms with Gasteiger partial charge in [-0.1, -0.05) is 24.3 Å². The van der Waals surface area contributed by atoms with Crippen LogP contribution in [0.4, 0.5) is 10.5 Å². The third kappa shape index (κ3) is 7.25. The van der Waals surface area contributed by atoms with Crippen LogP contribution in [0, 0.1) is 6.92 Å². The van der Waals surface area contributed by atoms with Gasteiger partial charge in [-0.3, -0.25) is 14.5 Å². The number of hydrogen-bond donors (Lipinski definition) is 1. The number of urea groups is 1. The van der Waals surface area contributed by atoms with Crippen molar-refractivity contribution in [3.63, 3.8) is 0 Å². The first-order chi connectivity index (χ1) is 24.2. The lowest BCUT2D eigenvalue weighted by Crippen LogP contribution is -2.55. The molecule has 50 heavy (non-hydrogen) atoms. The number of aryl methyl sites for hydroxylation is 2. The fourth-order valence-corrected chi connectivity index (χ4v) is 8.33. The van der Waals surface area contributed by atoms with Crippen LogP contribution >= 0.6 is 0 Å². The van der Waals surface area contributed by atoms with Crippen LogP contribution in [0.25, 0.3) is 10.9 Å². The van der Waals surface area contributed by atoms with Gasteiger partial charge >= 0.3 is 6.03 Å². The number of likely N-dealkylation sites (tertiary alicyclic amines) is 1. The third-order valence-electron chi connectivity index (χ3n) is 11.2. The van der Waals surface area contributed by atoms with E-state index in [2.05, 4.69) is 39.9 Å². The number of aromatic nitrogens is 1. The van der Waals surface area contributed by atoms with Gasteiger partial charge in [-0.25, -0.2) is 4.79 Å². The number of rotatable bonds is 8. The molecule has 1 N–H and O–H groups in total.